The predicted molar refractivity (Wildman–Crippen MR) is 74.2 cm³/mol. The zero-order valence-electron chi connectivity index (χ0n) is 11.1. The third-order valence-corrected chi connectivity index (χ3v) is 2.86. The molecule has 0 heterocycles. The molecule has 4 nitrogen and oxygen atoms in total. The van der Waals surface area contributed by atoms with Crippen LogP contribution in [0, 0.1) is 11.6 Å². The van der Waals surface area contributed by atoms with Gasteiger partial charge in [0.2, 0.25) is 0 Å². The molecule has 2 aromatic rings. The van der Waals surface area contributed by atoms with Crippen LogP contribution in [0.3, 0.4) is 0 Å². The number of oxime groups is 1. The summed E-state index contributed by atoms with van der Waals surface area (Å²) in [6.45, 7) is -0.0663. The number of hydrogen-bond acceptors (Lipinski definition) is 3. The van der Waals surface area contributed by atoms with Crippen molar-refractivity contribution in [3.8, 4) is 5.75 Å². The number of nitrogens with zero attached hydrogens (tertiary/aromatic N) is 1. The van der Waals surface area contributed by atoms with Crippen LogP contribution in [0.1, 0.15) is 11.1 Å². The highest BCUT2D eigenvalue weighted by atomic mass is 19.2. The maximum absolute atomic E-state index is 13.4. The molecule has 0 fully saturated rings. The lowest BCUT2D eigenvalue weighted by Gasteiger charge is -2.08. The number of benzene rings is 2. The summed E-state index contributed by atoms with van der Waals surface area (Å²) >= 11 is 0. The van der Waals surface area contributed by atoms with E-state index in [2.05, 4.69) is 5.16 Å². The van der Waals surface area contributed by atoms with Crippen LogP contribution < -0.4 is 10.5 Å². The molecule has 0 atom stereocenters. The molecule has 0 bridgehead atoms. The van der Waals surface area contributed by atoms with Crippen molar-refractivity contribution in [1.82, 2.24) is 0 Å². The van der Waals surface area contributed by atoms with Crippen molar-refractivity contribution in [2.45, 2.75) is 13.0 Å². The van der Waals surface area contributed by atoms with E-state index in [1.807, 2.05) is 0 Å². The maximum atomic E-state index is 13.4. The summed E-state index contributed by atoms with van der Waals surface area (Å²) in [5.74, 6) is -1.18. The van der Waals surface area contributed by atoms with Crippen LogP contribution in [0.2, 0.25) is 0 Å². The minimum absolute atomic E-state index is 0.0663. The average molecular weight is 292 g/mol. The zero-order valence-corrected chi connectivity index (χ0v) is 11.1. The molecule has 0 unspecified atom stereocenters. The first-order valence-corrected chi connectivity index (χ1v) is 6.21. The van der Waals surface area contributed by atoms with E-state index in [1.165, 1.54) is 12.1 Å². The van der Waals surface area contributed by atoms with E-state index in [4.69, 9.17) is 15.7 Å². The highest BCUT2D eigenvalue weighted by molar-refractivity contribution is 5.82. The summed E-state index contributed by atoms with van der Waals surface area (Å²) < 4.78 is 31.9. The van der Waals surface area contributed by atoms with Gasteiger partial charge in [0.25, 0.3) is 0 Å². The summed E-state index contributed by atoms with van der Waals surface area (Å²) in [6.07, 6.45) is 0.315. The Labute approximate surface area is 120 Å². The van der Waals surface area contributed by atoms with Gasteiger partial charge in [-0.25, -0.2) is 8.78 Å². The molecule has 0 aliphatic rings. The monoisotopic (exact) mass is 292 g/mol. The molecule has 0 aliphatic carbocycles. The van der Waals surface area contributed by atoms with Crippen molar-refractivity contribution < 1.29 is 18.7 Å². The molecule has 0 amide bonds. The van der Waals surface area contributed by atoms with Crippen molar-refractivity contribution in [2.24, 2.45) is 10.9 Å². The van der Waals surface area contributed by atoms with Gasteiger partial charge >= 0.3 is 0 Å². The molecule has 0 saturated heterocycles. The SMILES string of the molecule is N/C(Cc1ccc(OCc2cccc(F)c2F)cc1)=N\O. The predicted octanol–water partition coefficient (Wildman–Crippen LogP) is 2.83. The van der Waals surface area contributed by atoms with Crippen LogP contribution in [0.5, 0.6) is 5.75 Å². The number of halogens is 2. The van der Waals surface area contributed by atoms with Crippen molar-refractivity contribution in [1.29, 1.82) is 0 Å². The van der Waals surface area contributed by atoms with Crippen molar-refractivity contribution in [3.63, 3.8) is 0 Å². The van der Waals surface area contributed by atoms with E-state index in [-0.39, 0.29) is 18.0 Å². The molecule has 21 heavy (non-hydrogen) atoms. The van der Waals surface area contributed by atoms with Crippen molar-refractivity contribution in [2.75, 3.05) is 0 Å². The summed E-state index contributed by atoms with van der Waals surface area (Å²) in [5, 5.41) is 11.4. The molecule has 0 aromatic heterocycles. The zero-order chi connectivity index (χ0) is 15.2. The average Bonchev–Trinajstić information content (AvgIpc) is 2.50. The maximum Gasteiger partial charge on any atom is 0.165 e. The van der Waals surface area contributed by atoms with Gasteiger partial charge in [-0.3, -0.25) is 0 Å². The first-order valence-electron chi connectivity index (χ1n) is 6.21. The second-order valence-corrected chi connectivity index (χ2v) is 4.41. The van der Waals surface area contributed by atoms with E-state index in [0.29, 0.717) is 12.2 Å². The second-order valence-electron chi connectivity index (χ2n) is 4.41. The van der Waals surface area contributed by atoms with Gasteiger partial charge in [0, 0.05) is 12.0 Å². The van der Waals surface area contributed by atoms with Gasteiger partial charge in [0.1, 0.15) is 18.2 Å². The van der Waals surface area contributed by atoms with Crippen LogP contribution in [0.15, 0.2) is 47.6 Å². The fourth-order valence-corrected chi connectivity index (χ4v) is 1.77. The van der Waals surface area contributed by atoms with Gasteiger partial charge in [-0.15, -0.1) is 0 Å². The highest BCUT2D eigenvalue weighted by Gasteiger charge is 2.08. The first-order chi connectivity index (χ1) is 10.1. The van der Waals surface area contributed by atoms with Gasteiger partial charge in [0.05, 0.1) is 0 Å². The van der Waals surface area contributed by atoms with Crippen LogP contribution >= 0.6 is 0 Å². The lowest BCUT2D eigenvalue weighted by Crippen LogP contribution is -2.14. The second kappa shape index (κ2) is 6.69. The summed E-state index contributed by atoms with van der Waals surface area (Å²) in [7, 11) is 0. The van der Waals surface area contributed by atoms with Gasteiger partial charge in [-0.2, -0.15) is 0 Å². The van der Waals surface area contributed by atoms with Crippen LogP contribution in [0.25, 0.3) is 0 Å². The van der Waals surface area contributed by atoms with Crippen LogP contribution in [-0.2, 0) is 13.0 Å². The topological polar surface area (TPSA) is 67.8 Å². The molecule has 2 rings (SSSR count). The van der Waals surface area contributed by atoms with Gasteiger partial charge in [-0.05, 0) is 23.8 Å². The van der Waals surface area contributed by atoms with E-state index >= 15 is 0 Å². The number of nitrogens with two attached hydrogens (primary N) is 1. The standard InChI is InChI=1S/C15H14F2N2O2/c16-13-3-1-2-11(15(13)17)9-21-12-6-4-10(5-7-12)8-14(18)19-20/h1-7,20H,8-9H2,(H2,18,19). The number of amidine groups is 1. The third-order valence-electron chi connectivity index (χ3n) is 2.86. The Morgan fingerprint density at radius 3 is 2.52 bits per heavy atom. The Balaban J connectivity index is 1.99. The molecule has 0 radical (unpaired) electrons. The fourth-order valence-electron chi connectivity index (χ4n) is 1.77. The summed E-state index contributed by atoms with van der Waals surface area (Å²) in [6, 6.07) is 10.8. The van der Waals surface area contributed by atoms with Crippen molar-refractivity contribution in [3.05, 3.63) is 65.2 Å². The normalized spacial score (nSPS) is 11.4. The molecular formula is C15H14F2N2O2. The number of hydrogen-bond donors (Lipinski definition) is 2. The molecule has 6 heteroatoms. The lowest BCUT2D eigenvalue weighted by atomic mass is 10.1. The highest BCUT2D eigenvalue weighted by Crippen LogP contribution is 2.17. The Morgan fingerprint density at radius 1 is 1.14 bits per heavy atom. The lowest BCUT2D eigenvalue weighted by molar-refractivity contribution is 0.297. The number of ether oxygens (including phenoxy) is 1. The largest absolute Gasteiger partial charge is 0.489 e. The first kappa shape index (κ1) is 14.8. The van der Waals surface area contributed by atoms with Crippen molar-refractivity contribution >= 4 is 5.84 Å². The molecule has 2 aromatic carbocycles. The Bertz CT molecular complexity index is 643. The molecule has 110 valence electrons. The third kappa shape index (κ3) is 3.92. The van der Waals surface area contributed by atoms with Crippen LogP contribution in [0.4, 0.5) is 8.78 Å². The molecule has 0 spiro atoms. The Hall–Kier alpha value is -2.63. The van der Waals surface area contributed by atoms with Gasteiger partial charge < -0.3 is 15.7 Å². The fraction of sp³-hybridized carbons (Fsp3) is 0.133. The number of rotatable bonds is 5. The smallest absolute Gasteiger partial charge is 0.165 e. The Kier molecular flexibility index (Phi) is 4.71. The molecule has 0 aliphatic heterocycles. The van der Waals surface area contributed by atoms with E-state index in [1.54, 1.807) is 24.3 Å². The molecule has 3 N–H and O–H groups in total. The molecular weight excluding hydrogens is 278 g/mol. The van der Waals surface area contributed by atoms with Gasteiger partial charge in [-0.1, -0.05) is 29.4 Å². The minimum Gasteiger partial charge on any atom is -0.489 e. The quantitative estimate of drug-likeness (QED) is 0.385. The Morgan fingerprint density at radius 2 is 1.86 bits per heavy atom. The summed E-state index contributed by atoms with van der Waals surface area (Å²) in [5.41, 5.74) is 6.39. The van der Waals surface area contributed by atoms with E-state index in [0.717, 1.165) is 11.6 Å². The van der Waals surface area contributed by atoms with Crippen LogP contribution in [-0.4, -0.2) is 11.0 Å². The van der Waals surface area contributed by atoms with Gasteiger partial charge in [0.15, 0.2) is 11.6 Å². The minimum atomic E-state index is -0.902. The van der Waals surface area contributed by atoms with E-state index < -0.39 is 11.6 Å². The van der Waals surface area contributed by atoms with E-state index in [9.17, 15) is 8.78 Å². The molecule has 0 saturated carbocycles. The summed E-state index contributed by atoms with van der Waals surface area (Å²) in [4.78, 5) is 0.